The van der Waals surface area contributed by atoms with Gasteiger partial charge in [0, 0.05) is 45.3 Å². The van der Waals surface area contributed by atoms with Gasteiger partial charge in [-0.05, 0) is 36.8 Å². The second kappa shape index (κ2) is 17.1. The van der Waals surface area contributed by atoms with Crippen LogP contribution < -0.4 is 20.4 Å². The first-order valence-electron chi connectivity index (χ1n) is 17.7. The molecule has 4 aromatic heterocycles. The Bertz CT molecular complexity index is 2170. The second-order valence-electron chi connectivity index (χ2n) is 12.9. The van der Waals surface area contributed by atoms with Crippen molar-refractivity contribution in [2.75, 3.05) is 23.9 Å². The van der Waals surface area contributed by atoms with Crippen LogP contribution in [0.4, 0.5) is 11.6 Å². The van der Waals surface area contributed by atoms with Gasteiger partial charge in [0.25, 0.3) is 17.7 Å². The minimum absolute atomic E-state index is 0.167. The summed E-state index contributed by atoms with van der Waals surface area (Å²) < 4.78 is 5.46. The number of likely N-dealkylation sites (N-methyl/N-ethyl adjacent to an activating group) is 2. The molecule has 18 heteroatoms. The molecule has 6 aromatic rings. The molecule has 0 saturated heterocycles. The van der Waals surface area contributed by atoms with Gasteiger partial charge < -0.3 is 15.1 Å². The van der Waals surface area contributed by atoms with Gasteiger partial charge in [-0.2, -0.15) is 0 Å². The van der Waals surface area contributed by atoms with Crippen LogP contribution in [0.2, 0.25) is 0 Å². The van der Waals surface area contributed by atoms with Crippen molar-refractivity contribution in [1.29, 1.82) is 0 Å². The van der Waals surface area contributed by atoms with Gasteiger partial charge in [0.1, 0.15) is 17.1 Å². The van der Waals surface area contributed by atoms with Crippen molar-refractivity contribution in [2.45, 2.75) is 50.6 Å². The Morgan fingerprint density at radius 3 is 1.77 bits per heavy atom. The Balaban J connectivity index is 0.000000172. The molecule has 0 saturated carbocycles. The maximum atomic E-state index is 12.7. The van der Waals surface area contributed by atoms with Gasteiger partial charge in [0.05, 0.1) is 17.8 Å². The summed E-state index contributed by atoms with van der Waals surface area (Å²) in [7, 11) is 3.26. The summed E-state index contributed by atoms with van der Waals surface area (Å²) in [6.07, 6.45) is 9.26. The van der Waals surface area contributed by atoms with E-state index >= 15 is 0 Å². The molecule has 2 N–H and O–H groups in total. The van der Waals surface area contributed by atoms with E-state index < -0.39 is 23.9 Å². The van der Waals surface area contributed by atoms with Crippen molar-refractivity contribution in [1.82, 2.24) is 51.0 Å². The van der Waals surface area contributed by atoms with E-state index in [2.05, 4.69) is 51.0 Å². The van der Waals surface area contributed by atoms with E-state index in [1.165, 1.54) is 27.3 Å². The third-order valence-electron chi connectivity index (χ3n) is 9.07. The SMILES string of the molecule is CN1C(=O)[C@@H](NC(=O)c2nnc(Cc3ccccc3)o2)CCc2nccnc21.CN1C(=O)[C@@H](NC(=O)c2nnc(Cc3ccccc3)s2)CCc2nccnc21. The average Bonchev–Trinajstić information content (AvgIpc) is 3.86. The normalized spacial score (nSPS) is 16.4. The number of hydrogen-bond donors (Lipinski definition) is 2. The summed E-state index contributed by atoms with van der Waals surface area (Å²) in [4.78, 5) is 70.4. The van der Waals surface area contributed by atoms with Gasteiger partial charge >= 0.3 is 11.8 Å². The Labute approximate surface area is 324 Å². The van der Waals surface area contributed by atoms with Crippen molar-refractivity contribution < 1.29 is 23.6 Å². The number of carbonyl (C=O) groups excluding carboxylic acids is 4. The standard InChI is InChI=1S/C19H18N6O3.C19H18N6O2S/c2*1-25-16-13(20-9-10-21-16)7-8-14(19(25)27)22-17(26)18-24-23-15(28-18)11-12-5-3-2-4-6-12/h2*2-6,9-10,14H,7-8,11H2,1H3,(H,22,26)/t2*14-/m00/s1. The molecule has 2 aliphatic rings. The number of aromatic nitrogens is 8. The number of benzene rings is 2. The molecule has 0 unspecified atom stereocenters. The lowest BCUT2D eigenvalue weighted by atomic mass is 10.1. The highest BCUT2D eigenvalue weighted by Crippen LogP contribution is 2.23. The van der Waals surface area contributed by atoms with Crippen molar-refractivity contribution in [2.24, 2.45) is 0 Å². The number of nitrogens with zero attached hydrogens (tertiary/aromatic N) is 10. The first kappa shape index (κ1) is 37.5. The fraction of sp³-hybridized carbons (Fsp3) is 0.263. The number of nitrogens with one attached hydrogen (secondary N) is 2. The first-order chi connectivity index (χ1) is 27.2. The highest BCUT2D eigenvalue weighted by molar-refractivity contribution is 7.13. The lowest BCUT2D eigenvalue weighted by Gasteiger charge is -2.20. The Kier molecular flexibility index (Phi) is 11.5. The molecule has 2 aromatic carbocycles. The van der Waals surface area contributed by atoms with Gasteiger partial charge in [-0.25, -0.2) is 9.97 Å². The topological polar surface area (TPSA) is 215 Å². The second-order valence-corrected chi connectivity index (χ2v) is 14.0. The molecule has 6 heterocycles. The van der Waals surface area contributed by atoms with Crippen LogP contribution in [0.5, 0.6) is 0 Å². The summed E-state index contributed by atoms with van der Waals surface area (Å²) in [5.74, 6) is -0.252. The summed E-state index contributed by atoms with van der Waals surface area (Å²) >= 11 is 1.24. The molecule has 56 heavy (non-hydrogen) atoms. The molecule has 2 aliphatic heterocycles. The van der Waals surface area contributed by atoms with Crippen LogP contribution in [0.25, 0.3) is 0 Å². The van der Waals surface area contributed by atoms with Crippen LogP contribution in [-0.2, 0) is 35.3 Å². The fourth-order valence-electron chi connectivity index (χ4n) is 6.20. The van der Waals surface area contributed by atoms with Crippen LogP contribution in [0, 0.1) is 0 Å². The Morgan fingerprint density at radius 1 is 0.679 bits per heavy atom. The molecule has 4 amide bonds. The lowest BCUT2D eigenvalue weighted by molar-refractivity contribution is -0.120. The van der Waals surface area contributed by atoms with E-state index in [1.807, 2.05) is 60.7 Å². The van der Waals surface area contributed by atoms with Crippen LogP contribution in [0.3, 0.4) is 0 Å². The van der Waals surface area contributed by atoms with E-state index in [9.17, 15) is 19.2 Å². The molecule has 2 atom stereocenters. The monoisotopic (exact) mass is 772 g/mol. The van der Waals surface area contributed by atoms with Gasteiger partial charge in [-0.15, -0.1) is 20.4 Å². The summed E-state index contributed by atoms with van der Waals surface area (Å²) in [5.41, 5.74) is 3.56. The zero-order valence-corrected chi connectivity index (χ0v) is 31.2. The van der Waals surface area contributed by atoms with E-state index in [0.717, 1.165) is 27.5 Å². The molecule has 8 rings (SSSR count). The maximum absolute atomic E-state index is 12.7. The quantitative estimate of drug-likeness (QED) is 0.228. The fourth-order valence-corrected chi connectivity index (χ4v) is 6.98. The van der Waals surface area contributed by atoms with E-state index in [0.29, 0.717) is 56.1 Å². The van der Waals surface area contributed by atoms with Gasteiger partial charge in [-0.3, -0.25) is 38.9 Å². The molecule has 0 bridgehead atoms. The number of carbonyl (C=O) groups is 4. The Hall–Kier alpha value is -6.82. The molecule has 0 spiro atoms. The summed E-state index contributed by atoms with van der Waals surface area (Å²) in [6, 6.07) is 18.1. The summed E-state index contributed by atoms with van der Waals surface area (Å²) in [6.45, 7) is 0. The molecule has 0 aliphatic carbocycles. The number of aryl methyl sites for hydroxylation is 2. The maximum Gasteiger partial charge on any atom is 0.309 e. The van der Waals surface area contributed by atoms with E-state index in [1.54, 1.807) is 32.7 Å². The van der Waals surface area contributed by atoms with E-state index in [4.69, 9.17) is 4.42 Å². The highest BCUT2D eigenvalue weighted by Gasteiger charge is 2.33. The minimum atomic E-state index is -0.724. The molecule has 17 nitrogen and oxygen atoms in total. The van der Waals surface area contributed by atoms with Gasteiger partial charge in [-0.1, -0.05) is 72.0 Å². The number of rotatable bonds is 8. The third-order valence-corrected chi connectivity index (χ3v) is 9.99. The van der Waals surface area contributed by atoms with Crippen molar-refractivity contribution in [3.8, 4) is 0 Å². The van der Waals surface area contributed by atoms with Crippen molar-refractivity contribution in [3.63, 3.8) is 0 Å². The van der Waals surface area contributed by atoms with Crippen LogP contribution in [0.15, 0.2) is 89.9 Å². The minimum Gasteiger partial charge on any atom is -0.417 e. The molecular weight excluding hydrogens is 737 g/mol. The predicted octanol–water partition coefficient (Wildman–Crippen LogP) is 2.78. The third kappa shape index (κ3) is 8.76. The van der Waals surface area contributed by atoms with Crippen molar-refractivity contribution >= 4 is 46.6 Å². The Morgan fingerprint density at radius 2 is 1.20 bits per heavy atom. The van der Waals surface area contributed by atoms with Crippen molar-refractivity contribution in [3.05, 3.63) is 130 Å². The molecule has 284 valence electrons. The number of amides is 4. The predicted molar refractivity (Wildman–Crippen MR) is 203 cm³/mol. The first-order valence-corrected chi connectivity index (χ1v) is 18.5. The van der Waals surface area contributed by atoms with E-state index in [-0.39, 0.29) is 22.7 Å². The van der Waals surface area contributed by atoms with Crippen LogP contribution >= 0.6 is 11.3 Å². The molecule has 0 fully saturated rings. The number of fused-ring (bicyclic) bond motifs is 2. The number of anilines is 2. The highest BCUT2D eigenvalue weighted by atomic mass is 32.1. The van der Waals surface area contributed by atoms with Gasteiger partial charge in [0.15, 0.2) is 11.6 Å². The molecular formula is C38H36N12O5S. The smallest absolute Gasteiger partial charge is 0.309 e. The zero-order chi connectivity index (χ0) is 39.0. The largest absolute Gasteiger partial charge is 0.417 e. The van der Waals surface area contributed by atoms with Crippen LogP contribution in [0.1, 0.15) is 66.7 Å². The average molecular weight is 773 g/mol. The molecule has 0 radical (unpaired) electrons. The van der Waals surface area contributed by atoms with Gasteiger partial charge in [0.2, 0.25) is 10.9 Å². The van der Waals surface area contributed by atoms with Crippen LogP contribution in [-0.4, -0.2) is 90.1 Å². The number of hydrogen-bond acceptors (Lipinski definition) is 14. The lowest BCUT2D eigenvalue weighted by Crippen LogP contribution is -2.47. The summed E-state index contributed by atoms with van der Waals surface area (Å²) in [5, 5.41) is 22.3. The zero-order valence-electron chi connectivity index (χ0n) is 30.4.